The molecule has 0 bridgehead atoms. The molecule has 7 heteroatoms. The van der Waals surface area contributed by atoms with E-state index in [1.807, 2.05) is 42.6 Å². The van der Waals surface area contributed by atoms with Crippen molar-refractivity contribution >= 4 is 28.2 Å². The van der Waals surface area contributed by atoms with Crippen molar-refractivity contribution in [3.63, 3.8) is 0 Å². The van der Waals surface area contributed by atoms with Crippen molar-refractivity contribution in [3.8, 4) is 22.8 Å². The predicted molar refractivity (Wildman–Crippen MR) is 104 cm³/mol. The van der Waals surface area contributed by atoms with Crippen LogP contribution in [0.1, 0.15) is 5.56 Å². The number of rotatable bonds is 5. The van der Waals surface area contributed by atoms with E-state index in [-0.39, 0.29) is 6.03 Å². The molecule has 0 atom stereocenters. The van der Waals surface area contributed by atoms with Crippen molar-refractivity contribution in [2.45, 2.75) is 6.92 Å². The zero-order valence-electron chi connectivity index (χ0n) is 14.7. The summed E-state index contributed by atoms with van der Waals surface area (Å²) < 4.78 is 10.5. The molecular weight excluding hydrogens is 350 g/mol. The molecule has 2 N–H and O–H groups in total. The Morgan fingerprint density at radius 3 is 2.54 bits per heavy atom. The molecule has 0 aliphatic rings. The molecule has 0 spiro atoms. The molecule has 6 nitrogen and oxygen atoms in total. The highest BCUT2D eigenvalue weighted by Gasteiger charge is 2.11. The lowest BCUT2D eigenvalue weighted by atomic mass is 10.1. The molecule has 0 aliphatic heterocycles. The monoisotopic (exact) mass is 369 g/mol. The molecule has 0 unspecified atom stereocenters. The summed E-state index contributed by atoms with van der Waals surface area (Å²) in [6.07, 6.45) is 0. The molecule has 3 rings (SSSR count). The minimum absolute atomic E-state index is 0.374. The van der Waals surface area contributed by atoms with Gasteiger partial charge in [-0.3, -0.25) is 5.32 Å². The van der Waals surface area contributed by atoms with Gasteiger partial charge in [-0.2, -0.15) is 0 Å². The van der Waals surface area contributed by atoms with E-state index < -0.39 is 0 Å². The zero-order valence-corrected chi connectivity index (χ0v) is 15.5. The Balaban J connectivity index is 1.70. The van der Waals surface area contributed by atoms with E-state index in [0.717, 1.165) is 22.6 Å². The second-order valence-corrected chi connectivity index (χ2v) is 6.36. The van der Waals surface area contributed by atoms with Gasteiger partial charge in [0.2, 0.25) is 0 Å². The molecule has 1 heterocycles. The normalized spacial score (nSPS) is 10.3. The first kappa shape index (κ1) is 17.8. The maximum atomic E-state index is 12.2. The Morgan fingerprint density at radius 2 is 1.81 bits per heavy atom. The Labute approximate surface area is 155 Å². The van der Waals surface area contributed by atoms with E-state index in [0.29, 0.717) is 16.6 Å². The summed E-state index contributed by atoms with van der Waals surface area (Å²) in [6.45, 7) is 1.98. The molecule has 134 valence electrons. The van der Waals surface area contributed by atoms with Gasteiger partial charge < -0.3 is 14.8 Å². The first-order chi connectivity index (χ1) is 12.6. The quantitative estimate of drug-likeness (QED) is 0.679. The molecule has 26 heavy (non-hydrogen) atoms. The van der Waals surface area contributed by atoms with Crippen LogP contribution in [0.4, 0.5) is 15.6 Å². The molecule has 0 radical (unpaired) electrons. The molecule has 2 aromatic carbocycles. The van der Waals surface area contributed by atoms with Gasteiger partial charge in [0.05, 0.1) is 25.6 Å². The van der Waals surface area contributed by atoms with Gasteiger partial charge in [0.1, 0.15) is 11.5 Å². The Hall–Kier alpha value is -3.06. The van der Waals surface area contributed by atoms with E-state index >= 15 is 0 Å². The predicted octanol–water partition coefficient (Wildman–Crippen LogP) is 4.78. The van der Waals surface area contributed by atoms with Gasteiger partial charge in [0.15, 0.2) is 5.13 Å². The number of carbonyl (C=O) groups is 1. The highest BCUT2D eigenvalue weighted by atomic mass is 32.1. The van der Waals surface area contributed by atoms with Gasteiger partial charge in [-0.25, -0.2) is 9.78 Å². The lowest BCUT2D eigenvalue weighted by Crippen LogP contribution is -2.19. The van der Waals surface area contributed by atoms with Crippen LogP contribution in [0.5, 0.6) is 11.5 Å². The van der Waals surface area contributed by atoms with Crippen LogP contribution in [0.15, 0.2) is 47.8 Å². The molecular formula is C19H19N3O3S. The third-order valence-corrected chi connectivity index (χ3v) is 4.53. The summed E-state index contributed by atoms with van der Waals surface area (Å²) >= 11 is 1.36. The smallest absolute Gasteiger partial charge is 0.325 e. The number of carbonyl (C=O) groups excluding carboxylic acids is 1. The van der Waals surface area contributed by atoms with E-state index in [9.17, 15) is 4.79 Å². The number of amides is 2. The van der Waals surface area contributed by atoms with Crippen LogP contribution >= 0.6 is 11.3 Å². The van der Waals surface area contributed by atoms with Crippen molar-refractivity contribution in [2.24, 2.45) is 0 Å². The third-order valence-electron chi connectivity index (χ3n) is 3.77. The van der Waals surface area contributed by atoms with Crippen LogP contribution in [0, 0.1) is 6.92 Å². The molecule has 0 fully saturated rings. The van der Waals surface area contributed by atoms with Crippen LogP contribution in [-0.2, 0) is 0 Å². The number of nitrogens with zero attached hydrogens (tertiary/aromatic N) is 1. The number of para-hydroxylation sites is 2. The van der Waals surface area contributed by atoms with Gasteiger partial charge in [-0.1, -0.05) is 12.1 Å². The topological polar surface area (TPSA) is 72.5 Å². The second kappa shape index (κ2) is 7.88. The van der Waals surface area contributed by atoms with Crippen molar-refractivity contribution in [1.82, 2.24) is 4.98 Å². The number of hydrogen-bond acceptors (Lipinski definition) is 5. The number of ether oxygens (including phenoxy) is 2. The fraction of sp³-hybridized carbons (Fsp3) is 0.158. The zero-order chi connectivity index (χ0) is 18.5. The fourth-order valence-electron chi connectivity index (χ4n) is 2.50. The lowest BCUT2D eigenvalue weighted by Gasteiger charge is -2.09. The van der Waals surface area contributed by atoms with Crippen molar-refractivity contribution < 1.29 is 14.3 Å². The van der Waals surface area contributed by atoms with Crippen molar-refractivity contribution in [3.05, 3.63) is 53.4 Å². The second-order valence-electron chi connectivity index (χ2n) is 5.50. The number of aryl methyl sites for hydroxylation is 1. The Morgan fingerprint density at radius 1 is 1.04 bits per heavy atom. The van der Waals surface area contributed by atoms with E-state index in [2.05, 4.69) is 15.6 Å². The molecule has 1 aromatic heterocycles. The largest absolute Gasteiger partial charge is 0.496 e. The van der Waals surface area contributed by atoms with Gasteiger partial charge in [0.25, 0.3) is 0 Å². The van der Waals surface area contributed by atoms with E-state index in [1.165, 1.54) is 11.3 Å². The summed E-state index contributed by atoms with van der Waals surface area (Å²) in [5.74, 6) is 1.43. The lowest BCUT2D eigenvalue weighted by molar-refractivity contribution is 0.262. The van der Waals surface area contributed by atoms with Crippen LogP contribution < -0.4 is 20.1 Å². The minimum atomic E-state index is -0.374. The highest BCUT2D eigenvalue weighted by molar-refractivity contribution is 7.14. The first-order valence-corrected chi connectivity index (χ1v) is 8.80. The van der Waals surface area contributed by atoms with Gasteiger partial charge in [0, 0.05) is 10.9 Å². The number of nitrogens with one attached hydrogen (secondary N) is 2. The molecule has 0 aliphatic carbocycles. The van der Waals surface area contributed by atoms with Crippen LogP contribution in [0.2, 0.25) is 0 Å². The SMILES string of the molecule is COc1ccc(-c2csc(NC(=O)Nc3ccccc3OC)n2)cc1C. The van der Waals surface area contributed by atoms with E-state index in [4.69, 9.17) is 9.47 Å². The van der Waals surface area contributed by atoms with Gasteiger partial charge >= 0.3 is 6.03 Å². The maximum absolute atomic E-state index is 12.2. The summed E-state index contributed by atoms with van der Waals surface area (Å²) in [7, 11) is 3.20. The number of benzene rings is 2. The standard InChI is InChI=1S/C19H19N3O3S/c1-12-10-13(8-9-16(12)24-2)15-11-26-19(21-15)22-18(23)20-14-6-4-5-7-17(14)25-3/h4-11H,1-3H3,(H2,20,21,22,23). The fourth-order valence-corrected chi connectivity index (χ4v) is 3.21. The number of hydrogen-bond donors (Lipinski definition) is 2. The maximum Gasteiger partial charge on any atom is 0.325 e. The van der Waals surface area contributed by atoms with Gasteiger partial charge in [-0.15, -0.1) is 11.3 Å². The van der Waals surface area contributed by atoms with E-state index in [1.54, 1.807) is 26.4 Å². The number of urea groups is 1. The average molecular weight is 369 g/mol. The summed E-state index contributed by atoms with van der Waals surface area (Å²) in [4.78, 5) is 16.7. The number of anilines is 2. The minimum Gasteiger partial charge on any atom is -0.496 e. The summed E-state index contributed by atoms with van der Waals surface area (Å²) in [5.41, 5.74) is 3.39. The summed E-state index contributed by atoms with van der Waals surface area (Å²) in [6, 6.07) is 12.7. The third kappa shape index (κ3) is 3.94. The van der Waals surface area contributed by atoms with Crippen LogP contribution in [0.25, 0.3) is 11.3 Å². The number of methoxy groups -OCH3 is 2. The van der Waals surface area contributed by atoms with Crippen molar-refractivity contribution in [1.29, 1.82) is 0 Å². The Bertz CT molecular complexity index is 924. The number of aromatic nitrogens is 1. The first-order valence-electron chi connectivity index (χ1n) is 7.92. The van der Waals surface area contributed by atoms with Crippen LogP contribution in [-0.4, -0.2) is 25.2 Å². The highest BCUT2D eigenvalue weighted by Crippen LogP contribution is 2.29. The number of thiazole rings is 1. The van der Waals surface area contributed by atoms with Crippen molar-refractivity contribution in [2.75, 3.05) is 24.9 Å². The summed E-state index contributed by atoms with van der Waals surface area (Å²) in [5, 5.41) is 7.92. The molecule has 2 amide bonds. The Kier molecular flexibility index (Phi) is 5.38. The molecule has 3 aromatic rings. The van der Waals surface area contributed by atoms with Crippen LogP contribution in [0.3, 0.4) is 0 Å². The molecule has 0 saturated carbocycles. The van der Waals surface area contributed by atoms with Gasteiger partial charge in [-0.05, 0) is 42.8 Å². The average Bonchev–Trinajstić information content (AvgIpc) is 3.10. The molecule has 0 saturated heterocycles.